The number of hydrogen-bond donors (Lipinski definition) is 1. The van der Waals surface area contributed by atoms with Gasteiger partial charge in [0.15, 0.2) is 6.10 Å². The van der Waals surface area contributed by atoms with Crippen molar-refractivity contribution in [3.05, 3.63) is 146 Å². The molecule has 2 unspecified atom stereocenters. The number of hydrogen-bond acceptors (Lipinski definition) is 7. The van der Waals surface area contributed by atoms with Crippen LogP contribution in [0.15, 0.2) is 146 Å². The molecule has 0 heterocycles. The Balaban J connectivity index is 4.10. The molecule has 0 saturated carbocycles. The fraction of sp³-hybridized carbons (Fsp3) is 0.629. The maximum Gasteiger partial charge on any atom is 0.472 e. The van der Waals surface area contributed by atoms with Gasteiger partial charge in [0, 0.05) is 12.8 Å². The van der Waals surface area contributed by atoms with Gasteiger partial charge < -0.3 is 18.9 Å². The van der Waals surface area contributed by atoms with Gasteiger partial charge in [0.2, 0.25) is 0 Å². The molecule has 1 N–H and O–H groups in total. The lowest BCUT2D eigenvalue weighted by molar-refractivity contribution is -0.870. The van der Waals surface area contributed by atoms with E-state index >= 15 is 0 Å². The van der Waals surface area contributed by atoms with Crippen LogP contribution in [-0.4, -0.2) is 74.9 Å². The molecule has 454 valence electrons. The molecule has 0 aliphatic heterocycles. The van der Waals surface area contributed by atoms with Crippen LogP contribution in [0.3, 0.4) is 0 Å². The molecule has 0 aromatic carbocycles. The molecular weight excluding hydrogens is 1010 g/mol. The van der Waals surface area contributed by atoms with Crippen molar-refractivity contribution in [3.8, 4) is 0 Å². The summed E-state index contributed by atoms with van der Waals surface area (Å²) in [6.07, 6.45) is 87.9. The molecule has 0 amide bonds. The first kappa shape index (κ1) is 75.9. The van der Waals surface area contributed by atoms with E-state index in [2.05, 4.69) is 160 Å². The van der Waals surface area contributed by atoms with Crippen molar-refractivity contribution in [2.75, 3.05) is 47.5 Å². The van der Waals surface area contributed by atoms with E-state index in [1.807, 2.05) is 21.1 Å². The lowest BCUT2D eigenvalue weighted by Gasteiger charge is -2.24. The maximum absolute atomic E-state index is 12.8. The third-order valence-corrected chi connectivity index (χ3v) is 13.8. The summed E-state index contributed by atoms with van der Waals surface area (Å²) in [7, 11) is 1.45. The average molecular weight is 1130 g/mol. The van der Waals surface area contributed by atoms with Crippen LogP contribution in [0.25, 0.3) is 0 Å². The zero-order chi connectivity index (χ0) is 58.4. The van der Waals surface area contributed by atoms with E-state index < -0.39 is 26.5 Å². The Kier molecular flexibility index (Phi) is 56.5. The normalized spacial score (nSPS) is 14.2. The van der Waals surface area contributed by atoms with Crippen molar-refractivity contribution in [1.29, 1.82) is 0 Å². The number of rotatable bonds is 56. The summed E-state index contributed by atoms with van der Waals surface area (Å²) in [6, 6.07) is 0. The summed E-state index contributed by atoms with van der Waals surface area (Å²) in [5, 5.41) is 0. The van der Waals surface area contributed by atoms with Crippen LogP contribution in [-0.2, 0) is 32.7 Å². The molecule has 0 bridgehead atoms. The van der Waals surface area contributed by atoms with E-state index in [0.29, 0.717) is 17.4 Å². The topological polar surface area (TPSA) is 108 Å². The molecule has 80 heavy (non-hydrogen) atoms. The van der Waals surface area contributed by atoms with E-state index in [1.54, 1.807) is 0 Å². The Morgan fingerprint density at radius 2 is 0.675 bits per heavy atom. The highest BCUT2D eigenvalue weighted by Crippen LogP contribution is 2.43. The second-order valence-corrected chi connectivity index (χ2v) is 23.1. The Morgan fingerprint density at radius 3 is 1.00 bits per heavy atom. The van der Waals surface area contributed by atoms with Gasteiger partial charge in [-0.2, -0.15) is 0 Å². The van der Waals surface area contributed by atoms with Gasteiger partial charge in [0.05, 0.1) is 27.7 Å². The van der Waals surface area contributed by atoms with Gasteiger partial charge in [-0.3, -0.25) is 18.6 Å². The minimum Gasteiger partial charge on any atom is -0.462 e. The summed E-state index contributed by atoms with van der Waals surface area (Å²) in [5.41, 5.74) is 0. The number of carbonyl (C=O) groups is 2. The van der Waals surface area contributed by atoms with Crippen LogP contribution >= 0.6 is 7.82 Å². The Labute approximate surface area is 491 Å². The summed E-state index contributed by atoms with van der Waals surface area (Å²) < 4.78 is 34.6. The largest absolute Gasteiger partial charge is 0.472 e. The van der Waals surface area contributed by atoms with Crippen molar-refractivity contribution < 1.29 is 42.1 Å². The quantitative estimate of drug-likeness (QED) is 0.0211. The van der Waals surface area contributed by atoms with Gasteiger partial charge in [0.25, 0.3) is 0 Å². The summed E-state index contributed by atoms with van der Waals surface area (Å²) >= 11 is 0. The smallest absolute Gasteiger partial charge is 0.462 e. The molecule has 0 fully saturated rings. The number of esters is 2. The molecule has 9 nitrogen and oxygen atoms in total. The lowest BCUT2D eigenvalue weighted by Crippen LogP contribution is -2.37. The molecule has 0 aromatic rings. The van der Waals surface area contributed by atoms with Gasteiger partial charge in [-0.15, -0.1) is 0 Å². The van der Waals surface area contributed by atoms with Gasteiger partial charge >= 0.3 is 19.8 Å². The van der Waals surface area contributed by atoms with E-state index in [1.165, 1.54) is 64.2 Å². The number of carbonyl (C=O) groups excluding carboxylic acids is 2. The first-order valence-electron chi connectivity index (χ1n) is 31.6. The third kappa shape index (κ3) is 63.1. The van der Waals surface area contributed by atoms with Crippen LogP contribution in [0.2, 0.25) is 0 Å². The second kappa shape index (κ2) is 59.5. The number of unbranched alkanes of at least 4 members (excludes halogenated alkanes) is 18. The highest BCUT2D eigenvalue weighted by atomic mass is 31.2. The maximum atomic E-state index is 12.8. The molecule has 10 heteroatoms. The number of likely N-dealkylation sites (N-methyl/N-ethyl adjacent to an activating group) is 1. The molecule has 0 aliphatic carbocycles. The summed E-state index contributed by atoms with van der Waals surface area (Å²) in [6.45, 7) is 4.18. The first-order valence-corrected chi connectivity index (χ1v) is 33.1. The molecular formula is C70H117NO8P+. The minimum atomic E-state index is -4.40. The number of nitrogens with zero attached hydrogens (tertiary/aromatic N) is 1. The van der Waals surface area contributed by atoms with Crippen molar-refractivity contribution in [3.63, 3.8) is 0 Å². The molecule has 0 saturated heterocycles. The highest BCUT2D eigenvalue weighted by Gasteiger charge is 2.27. The van der Waals surface area contributed by atoms with Gasteiger partial charge in [0.1, 0.15) is 19.8 Å². The van der Waals surface area contributed by atoms with E-state index in [0.717, 1.165) is 135 Å². The fourth-order valence-electron chi connectivity index (χ4n) is 8.08. The molecule has 0 radical (unpaired) electrons. The summed E-state index contributed by atoms with van der Waals surface area (Å²) in [4.78, 5) is 35.7. The van der Waals surface area contributed by atoms with Crippen molar-refractivity contribution in [2.45, 2.75) is 238 Å². The highest BCUT2D eigenvalue weighted by molar-refractivity contribution is 7.47. The van der Waals surface area contributed by atoms with E-state index in [-0.39, 0.29) is 32.0 Å². The number of ether oxygens (including phenoxy) is 2. The zero-order valence-corrected chi connectivity index (χ0v) is 52.4. The third-order valence-electron chi connectivity index (χ3n) is 12.9. The minimum absolute atomic E-state index is 0.0225. The van der Waals surface area contributed by atoms with Crippen LogP contribution in [0.5, 0.6) is 0 Å². The van der Waals surface area contributed by atoms with Crippen molar-refractivity contribution in [1.82, 2.24) is 0 Å². The molecule has 0 rings (SSSR count). The van der Waals surface area contributed by atoms with Crippen molar-refractivity contribution >= 4 is 19.8 Å². The van der Waals surface area contributed by atoms with E-state index in [4.69, 9.17) is 18.5 Å². The standard InChI is InChI=1S/C70H116NO8P/c1-6-8-10-12-14-16-18-20-22-24-25-26-27-28-29-30-31-32-33-34-35-36-37-38-39-40-41-42-43-44-45-47-49-51-53-55-57-59-61-63-70(73)79-68(67-78-80(74,75)77-65-64-71(3,4)5)66-76-69(72)62-60-58-56-54-52-50-48-46-23-21-19-17-15-13-11-9-7-2/h8-11,14-17,20-23,25-26,28-29,31-32,34-35,37-38,40-41,68H,6-7,12-13,18-19,24,27,30,33,36,39,42-67H2,1-5H3/p+1/b10-8-,11-9-,16-14-,17-15-,22-20-,23-21-,26-25-,29-28-,32-31-,35-34-,38-37-,41-40-. The monoisotopic (exact) mass is 1130 g/mol. The van der Waals surface area contributed by atoms with Crippen molar-refractivity contribution in [2.24, 2.45) is 0 Å². The Hall–Kier alpha value is -4.11. The van der Waals surface area contributed by atoms with Gasteiger partial charge in [-0.25, -0.2) is 4.57 Å². The average Bonchev–Trinajstić information content (AvgIpc) is 3.42. The summed E-state index contributed by atoms with van der Waals surface area (Å²) in [5.74, 6) is -0.820. The SMILES string of the molecule is CC/C=C\C/C=C\C/C=C\C/C=C\C/C=C\C/C=C\C/C=C\C/C=C\C/C=C\CCCCCCCCCCCCCC(=O)OC(COC(=O)CCCCCCCCC/C=C\C/C=C\C/C=C\CC)COP(=O)(O)OCC[N+](C)(C)C. The van der Waals surface area contributed by atoms with Crippen LogP contribution in [0.4, 0.5) is 0 Å². The Bertz CT molecular complexity index is 1860. The lowest BCUT2D eigenvalue weighted by atomic mass is 10.0. The number of quaternary nitrogens is 1. The fourth-order valence-corrected chi connectivity index (χ4v) is 8.82. The van der Waals surface area contributed by atoms with Gasteiger partial charge in [-0.05, 0) is 116 Å². The second-order valence-electron chi connectivity index (χ2n) is 21.7. The zero-order valence-electron chi connectivity index (χ0n) is 51.5. The van der Waals surface area contributed by atoms with E-state index in [9.17, 15) is 19.0 Å². The molecule has 2 atom stereocenters. The molecule has 0 aliphatic rings. The van der Waals surface area contributed by atoms with Crippen LogP contribution < -0.4 is 0 Å². The number of allylic oxidation sites excluding steroid dienone is 24. The molecule has 0 aromatic heterocycles. The predicted octanol–water partition coefficient (Wildman–Crippen LogP) is 20.3. The number of phosphoric ester groups is 1. The number of phosphoric acid groups is 1. The van der Waals surface area contributed by atoms with Gasteiger partial charge in [-0.1, -0.05) is 250 Å². The Morgan fingerprint density at radius 1 is 0.388 bits per heavy atom. The first-order chi connectivity index (χ1) is 39.0. The van der Waals surface area contributed by atoms with Crippen LogP contribution in [0, 0.1) is 0 Å². The predicted molar refractivity (Wildman–Crippen MR) is 343 cm³/mol. The molecule has 0 spiro atoms. The van der Waals surface area contributed by atoms with Crippen LogP contribution in [0.1, 0.15) is 232 Å².